The van der Waals surface area contributed by atoms with Gasteiger partial charge in [0.25, 0.3) is 10.0 Å². The lowest BCUT2D eigenvalue weighted by molar-refractivity contribution is -0.114. The molecule has 0 aliphatic rings. The molecule has 0 aliphatic heterocycles. The maximum Gasteiger partial charge on any atom is 0.264 e. The Bertz CT molecular complexity index is 1140. The Morgan fingerprint density at radius 3 is 2.45 bits per heavy atom. The first-order chi connectivity index (χ1) is 14.8. The average molecular weight is 499 g/mol. The molecule has 0 fully saturated rings. The Hall–Kier alpha value is -2.34. The summed E-state index contributed by atoms with van der Waals surface area (Å²) in [5, 5.41) is 11.3. The molecule has 31 heavy (non-hydrogen) atoms. The molecule has 0 saturated heterocycles. The van der Waals surface area contributed by atoms with Crippen LogP contribution in [0.15, 0.2) is 57.8 Å². The van der Waals surface area contributed by atoms with Crippen molar-refractivity contribution in [3.63, 3.8) is 0 Å². The van der Waals surface area contributed by atoms with Gasteiger partial charge in [-0.2, -0.15) is 0 Å². The van der Waals surface area contributed by atoms with E-state index in [0.717, 1.165) is 14.4 Å². The normalized spacial score (nSPS) is 11.2. The van der Waals surface area contributed by atoms with Gasteiger partial charge in [0, 0.05) is 5.02 Å². The van der Waals surface area contributed by atoms with Crippen molar-refractivity contribution in [1.82, 2.24) is 10.2 Å². The summed E-state index contributed by atoms with van der Waals surface area (Å²) in [6.45, 7) is 1.53. The van der Waals surface area contributed by atoms with Gasteiger partial charge in [0.05, 0.1) is 17.7 Å². The smallest absolute Gasteiger partial charge is 0.264 e. The Labute approximate surface area is 193 Å². The highest BCUT2D eigenvalue weighted by molar-refractivity contribution is 8.01. The van der Waals surface area contributed by atoms with E-state index in [4.69, 9.17) is 16.3 Å². The number of methoxy groups -OCH3 is 1. The zero-order valence-corrected chi connectivity index (χ0v) is 19.8. The summed E-state index contributed by atoms with van der Waals surface area (Å²) >= 11 is 8.68. The van der Waals surface area contributed by atoms with Crippen LogP contribution in [0.3, 0.4) is 0 Å². The Kier molecular flexibility index (Phi) is 7.76. The number of aromatic nitrogens is 2. The van der Waals surface area contributed by atoms with Crippen LogP contribution in [0, 0.1) is 0 Å². The zero-order chi connectivity index (χ0) is 22.4. The predicted octanol–water partition coefficient (Wildman–Crippen LogP) is 4.15. The lowest BCUT2D eigenvalue weighted by Gasteiger charge is -2.24. The molecule has 164 valence electrons. The van der Waals surface area contributed by atoms with Gasteiger partial charge in [-0.3, -0.25) is 14.4 Å². The number of ether oxygens (including phenoxy) is 1. The summed E-state index contributed by atoms with van der Waals surface area (Å²) in [5.74, 6) is 0.801. The molecule has 2 aromatic carbocycles. The van der Waals surface area contributed by atoms with E-state index in [-0.39, 0.29) is 4.90 Å². The number of amides is 1. The third kappa shape index (κ3) is 5.88. The predicted molar refractivity (Wildman–Crippen MR) is 124 cm³/mol. The molecular weight excluding hydrogens is 480 g/mol. The Morgan fingerprint density at radius 1 is 1.16 bits per heavy atom. The molecule has 0 radical (unpaired) electrons. The van der Waals surface area contributed by atoms with Crippen LogP contribution in [0.1, 0.15) is 6.92 Å². The zero-order valence-electron chi connectivity index (χ0n) is 16.6. The highest BCUT2D eigenvalue weighted by atomic mass is 35.5. The van der Waals surface area contributed by atoms with Crippen molar-refractivity contribution < 1.29 is 17.9 Å². The van der Waals surface area contributed by atoms with Crippen molar-refractivity contribution in [3.8, 4) is 5.75 Å². The highest BCUT2D eigenvalue weighted by Gasteiger charge is 2.27. The van der Waals surface area contributed by atoms with E-state index in [9.17, 15) is 13.2 Å². The van der Waals surface area contributed by atoms with Gasteiger partial charge in [0.2, 0.25) is 11.0 Å². The van der Waals surface area contributed by atoms with Gasteiger partial charge in [-0.05, 0) is 54.3 Å². The number of hydrogen-bond donors (Lipinski definition) is 1. The summed E-state index contributed by atoms with van der Waals surface area (Å²) in [7, 11) is -2.55. The first-order valence-corrected chi connectivity index (χ1v) is 12.6. The Balaban J connectivity index is 1.88. The Morgan fingerprint density at radius 2 is 1.84 bits per heavy atom. The molecule has 0 spiro atoms. The molecule has 0 atom stereocenters. The second-order valence-electron chi connectivity index (χ2n) is 6.02. The molecule has 1 amide bonds. The molecule has 3 rings (SSSR count). The second-order valence-corrected chi connectivity index (χ2v) is 10.8. The summed E-state index contributed by atoms with van der Waals surface area (Å²) in [6.07, 6.45) is 0. The lowest BCUT2D eigenvalue weighted by Crippen LogP contribution is -2.38. The van der Waals surface area contributed by atoms with Gasteiger partial charge in [-0.25, -0.2) is 8.42 Å². The first-order valence-electron chi connectivity index (χ1n) is 9.02. The van der Waals surface area contributed by atoms with Crippen molar-refractivity contribution in [2.75, 3.05) is 29.0 Å². The standard InChI is InChI=1S/C19H19ClN4O4S3/c1-3-29-19-23-22-18(30-19)21-17(25)12-24(14-6-4-13(20)5-7-14)31(26,27)16-10-8-15(28-2)9-11-16/h4-11H,3,12H2,1-2H3,(H,21,22,25). The lowest BCUT2D eigenvalue weighted by atomic mass is 10.3. The van der Waals surface area contributed by atoms with Crippen LogP contribution >= 0.6 is 34.7 Å². The number of thioether (sulfide) groups is 1. The molecule has 1 heterocycles. The third-order valence-corrected chi connectivity index (χ3v) is 7.86. The van der Waals surface area contributed by atoms with E-state index < -0.39 is 22.5 Å². The monoisotopic (exact) mass is 498 g/mol. The number of hydrogen-bond acceptors (Lipinski definition) is 8. The fraction of sp³-hybridized carbons (Fsp3) is 0.211. The van der Waals surface area contributed by atoms with Crippen LogP contribution in [0.2, 0.25) is 5.02 Å². The van der Waals surface area contributed by atoms with Crippen LogP contribution in [0.4, 0.5) is 10.8 Å². The second kappa shape index (κ2) is 10.3. The minimum absolute atomic E-state index is 0.0218. The molecule has 1 aromatic heterocycles. The number of nitrogens with zero attached hydrogens (tertiary/aromatic N) is 3. The van der Waals surface area contributed by atoms with Crippen LogP contribution in [-0.4, -0.2) is 43.9 Å². The maximum atomic E-state index is 13.3. The van der Waals surface area contributed by atoms with Crippen molar-refractivity contribution >= 4 is 61.4 Å². The summed E-state index contributed by atoms with van der Waals surface area (Å²) < 4.78 is 33.5. The van der Waals surface area contributed by atoms with Crippen LogP contribution in [0.25, 0.3) is 0 Å². The van der Waals surface area contributed by atoms with Gasteiger partial charge in [0.1, 0.15) is 12.3 Å². The number of carbonyl (C=O) groups is 1. The summed E-state index contributed by atoms with van der Waals surface area (Å²) in [4.78, 5) is 12.7. The summed E-state index contributed by atoms with van der Waals surface area (Å²) in [5.41, 5.74) is 0.301. The van der Waals surface area contributed by atoms with Gasteiger partial charge >= 0.3 is 0 Å². The van der Waals surface area contributed by atoms with Crippen molar-refractivity contribution in [2.45, 2.75) is 16.2 Å². The molecule has 0 unspecified atom stereocenters. The largest absolute Gasteiger partial charge is 0.497 e. The van der Waals surface area contributed by atoms with Crippen LogP contribution in [-0.2, 0) is 14.8 Å². The molecule has 8 nitrogen and oxygen atoms in total. The van der Waals surface area contributed by atoms with Gasteiger partial charge in [0.15, 0.2) is 4.34 Å². The molecule has 3 aromatic rings. The van der Waals surface area contributed by atoms with E-state index in [1.165, 1.54) is 54.5 Å². The van der Waals surface area contributed by atoms with E-state index in [1.807, 2.05) is 6.92 Å². The average Bonchev–Trinajstić information content (AvgIpc) is 3.19. The molecule has 0 bridgehead atoms. The van der Waals surface area contributed by atoms with Gasteiger partial charge in [-0.15, -0.1) is 10.2 Å². The van der Waals surface area contributed by atoms with E-state index in [1.54, 1.807) is 24.3 Å². The number of sulfonamides is 1. The van der Waals surface area contributed by atoms with Gasteiger partial charge < -0.3 is 4.74 Å². The molecule has 0 aliphatic carbocycles. The first kappa shape index (κ1) is 23.3. The number of nitrogens with one attached hydrogen (secondary N) is 1. The number of carbonyl (C=O) groups excluding carboxylic acids is 1. The van der Waals surface area contributed by atoms with E-state index in [2.05, 4.69) is 15.5 Å². The van der Waals surface area contributed by atoms with E-state index >= 15 is 0 Å². The number of rotatable bonds is 9. The molecule has 0 saturated carbocycles. The maximum absolute atomic E-state index is 13.3. The fourth-order valence-electron chi connectivity index (χ4n) is 2.53. The van der Waals surface area contributed by atoms with Crippen LogP contribution < -0.4 is 14.4 Å². The minimum Gasteiger partial charge on any atom is -0.497 e. The van der Waals surface area contributed by atoms with Gasteiger partial charge in [-0.1, -0.05) is 41.6 Å². The fourth-order valence-corrected chi connectivity index (χ4v) is 5.74. The quantitative estimate of drug-likeness (QED) is 0.349. The van der Waals surface area contributed by atoms with E-state index in [0.29, 0.717) is 21.6 Å². The topological polar surface area (TPSA) is 101 Å². The van der Waals surface area contributed by atoms with Crippen molar-refractivity contribution in [3.05, 3.63) is 53.6 Å². The minimum atomic E-state index is -4.05. The van der Waals surface area contributed by atoms with Crippen LogP contribution in [0.5, 0.6) is 5.75 Å². The molecule has 12 heteroatoms. The number of benzene rings is 2. The molecular formula is C19H19ClN4O4S3. The third-order valence-electron chi connectivity index (χ3n) is 3.97. The van der Waals surface area contributed by atoms with Crippen molar-refractivity contribution in [1.29, 1.82) is 0 Å². The number of anilines is 2. The highest BCUT2D eigenvalue weighted by Crippen LogP contribution is 2.28. The number of halogens is 1. The SMILES string of the molecule is CCSc1nnc(NC(=O)CN(c2ccc(Cl)cc2)S(=O)(=O)c2ccc(OC)cc2)s1. The summed E-state index contributed by atoms with van der Waals surface area (Å²) in [6, 6.07) is 12.1. The van der Waals surface area contributed by atoms with Crippen molar-refractivity contribution in [2.24, 2.45) is 0 Å². The molecule has 1 N–H and O–H groups in total.